The highest BCUT2D eigenvalue weighted by atomic mass is 16.5. The molecular weight excluding hydrogens is 272 g/mol. The molecule has 116 valence electrons. The zero-order valence-electron chi connectivity index (χ0n) is 13.6. The molecule has 0 amide bonds. The van der Waals surface area contributed by atoms with E-state index in [4.69, 9.17) is 4.74 Å². The minimum atomic E-state index is 0.462. The number of ether oxygens (including phenoxy) is 1. The molecule has 1 aliphatic rings. The van der Waals surface area contributed by atoms with Gasteiger partial charge in [0.25, 0.3) is 0 Å². The smallest absolute Gasteiger partial charge is 0.120 e. The van der Waals surface area contributed by atoms with Crippen LogP contribution in [0.15, 0.2) is 42.5 Å². The van der Waals surface area contributed by atoms with E-state index in [-0.39, 0.29) is 0 Å². The molecule has 1 heterocycles. The lowest BCUT2D eigenvalue weighted by Gasteiger charge is -2.27. The largest absolute Gasteiger partial charge is 0.497 e. The minimum Gasteiger partial charge on any atom is -0.497 e. The third kappa shape index (κ3) is 3.25. The van der Waals surface area contributed by atoms with Gasteiger partial charge >= 0.3 is 0 Å². The van der Waals surface area contributed by atoms with Crippen LogP contribution in [-0.2, 0) is 13.1 Å². The number of anilines is 1. The normalized spacial score (nSPS) is 17.8. The van der Waals surface area contributed by atoms with Gasteiger partial charge in [-0.05, 0) is 31.0 Å². The van der Waals surface area contributed by atoms with Gasteiger partial charge in [-0.15, -0.1) is 0 Å². The third-order valence-corrected chi connectivity index (χ3v) is 4.26. The average molecular weight is 296 g/mol. The lowest BCUT2D eigenvalue weighted by Crippen LogP contribution is -2.35. The maximum absolute atomic E-state index is 5.42. The first-order valence-electron chi connectivity index (χ1n) is 7.86. The van der Waals surface area contributed by atoms with Gasteiger partial charge in [-0.25, -0.2) is 0 Å². The van der Waals surface area contributed by atoms with Crippen LogP contribution >= 0.6 is 0 Å². The van der Waals surface area contributed by atoms with Crippen molar-refractivity contribution in [3.8, 4) is 5.75 Å². The first-order chi connectivity index (χ1) is 10.7. The molecule has 0 aromatic heterocycles. The van der Waals surface area contributed by atoms with Gasteiger partial charge in [0.15, 0.2) is 0 Å². The molecular formula is C19H24N2O. The van der Waals surface area contributed by atoms with E-state index >= 15 is 0 Å². The summed E-state index contributed by atoms with van der Waals surface area (Å²) >= 11 is 0. The van der Waals surface area contributed by atoms with Crippen molar-refractivity contribution in [2.24, 2.45) is 0 Å². The molecule has 3 rings (SSSR count). The van der Waals surface area contributed by atoms with Gasteiger partial charge < -0.3 is 15.0 Å². The molecule has 0 saturated carbocycles. The van der Waals surface area contributed by atoms with E-state index in [0.29, 0.717) is 6.04 Å². The summed E-state index contributed by atoms with van der Waals surface area (Å²) in [6.07, 6.45) is 0. The second-order valence-corrected chi connectivity index (χ2v) is 6.14. The maximum atomic E-state index is 5.42. The van der Waals surface area contributed by atoms with Crippen molar-refractivity contribution < 1.29 is 4.74 Å². The summed E-state index contributed by atoms with van der Waals surface area (Å²) in [5.41, 5.74) is 5.25. The predicted molar refractivity (Wildman–Crippen MR) is 91.5 cm³/mol. The van der Waals surface area contributed by atoms with Gasteiger partial charge in [-0.2, -0.15) is 0 Å². The molecule has 0 fully saturated rings. The number of rotatable bonds is 3. The monoisotopic (exact) mass is 296 g/mol. The van der Waals surface area contributed by atoms with Crippen LogP contribution in [-0.4, -0.2) is 19.7 Å². The van der Waals surface area contributed by atoms with E-state index in [2.05, 4.69) is 60.5 Å². The summed E-state index contributed by atoms with van der Waals surface area (Å²) in [7, 11) is 1.73. The highest BCUT2D eigenvalue weighted by Crippen LogP contribution is 2.29. The van der Waals surface area contributed by atoms with Crippen LogP contribution in [0, 0.1) is 6.92 Å². The molecule has 0 bridgehead atoms. The van der Waals surface area contributed by atoms with Crippen molar-refractivity contribution in [3.63, 3.8) is 0 Å². The second kappa shape index (κ2) is 6.41. The fourth-order valence-corrected chi connectivity index (χ4v) is 2.96. The highest BCUT2D eigenvalue weighted by Gasteiger charge is 2.19. The Bertz CT molecular complexity index is 636. The molecule has 3 heteroatoms. The predicted octanol–water partition coefficient (Wildman–Crippen LogP) is 3.50. The van der Waals surface area contributed by atoms with Crippen LogP contribution in [0.4, 0.5) is 5.69 Å². The molecule has 1 N–H and O–H groups in total. The van der Waals surface area contributed by atoms with E-state index in [0.717, 1.165) is 25.4 Å². The van der Waals surface area contributed by atoms with Crippen LogP contribution in [0.1, 0.15) is 23.6 Å². The van der Waals surface area contributed by atoms with Crippen molar-refractivity contribution in [3.05, 3.63) is 59.2 Å². The number of benzene rings is 2. The zero-order chi connectivity index (χ0) is 15.5. The van der Waals surface area contributed by atoms with Gasteiger partial charge in [-0.1, -0.05) is 35.9 Å². The van der Waals surface area contributed by atoms with Gasteiger partial charge in [-0.3, -0.25) is 0 Å². The van der Waals surface area contributed by atoms with Crippen molar-refractivity contribution in [2.45, 2.75) is 33.0 Å². The van der Waals surface area contributed by atoms with Crippen molar-refractivity contribution in [2.75, 3.05) is 18.6 Å². The summed E-state index contributed by atoms with van der Waals surface area (Å²) in [6, 6.07) is 15.6. The Morgan fingerprint density at radius 3 is 2.68 bits per heavy atom. The fourth-order valence-electron chi connectivity index (χ4n) is 2.96. The lowest BCUT2D eigenvalue weighted by atomic mass is 10.1. The van der Waals surface area contributed by atoms with Crippen LogP contribution < -0.4 is 15.0 Å². The number of hydrogen-bond donors (Lipinski definition) is 1. The molecule has 3 nitrogen and oxygen atoms in total. The number of nitrogens with zero attached hydrogens (tertiary/aromatic N) is 1. The van der Waals surface area contributed by atoms with E-state index < -0.39 is 0 Å². The fraction of sp³-hybridized carbons (Fsp3) is 0.368. The molecule has 0 radical (unpaired) electrons. The molecule has 1 unspecified atom stereocenters. The number of hydrogen-bond acceptors (Lipinski definition) is 3. The van der Waals surface area contributed by atoms with E-state index in [1.807, 2.05) is 6.07 Å². The van der Waals surface area contributed by atoms with Gasteiger partial charge in [0.2, 0.25) is 0 Å². The van der Waals surface area contributed by atoms with Gasteiger partial charge in [0.1, 0.15) is 5.75 Å². The summed E-state index contributed by atoms with van der Waals surface area (Å²) in [6.45, 7) is 7.19. The van der Waals surface area contributed by atoms with E-state index in [9.17, 15) is 0 Å². The molecule has 1 aliphatic heterocycles. The summed E-state index contributed by atoms with van der Waals surface area (Å²) in [5.74, 6) is 0.919. The number of methoxy groups -OCH3 is 1. The molecule has 22 heavy (non-hydrogen) atoms. The Hall–Kier alpha value is -2.00. The van der Waals surface area contributed by atoms with E-state index in [1.54, 1.807) is 7.11 Å². The highest BCUT2D eigenvalue weighted by molar-refractivity contribution is 5.58. The average Bonchev–Trinajstić information content (AvgIpc) is 2.68. The quantitative estimate of drug-likeness (QED) is 0.938. The topological polar surface area (TPSA) is 24.5 Å². The van der Waals surface area contributed by atoms with Crippen LogP contribution in [0.5, 0.6) is 5.75 Å². The van der Waals surface area contributed by atoms with Crippen LogP contribution in [0.3, 0.4) is 0 Å². The van der Waals surface area contributed by atoms with Crippen molar-refractivity contribution in [1.82, 2.24) is 5.32 Å². The first-order valence-corrected chi connectivity index (χ1v) is 7.86. The SMILES string of the molecule is COc1ccc2c(c1)N(Cc1ccc(C)cc1)CC(C)NC2. The summed E-state index contributed by atoms with van der Waals surface area (Å²) in [4.78, 5) is 2.45. The molecule has 0 spiro atoms. The molecule has 0 saturated heterocycles. The Labute approximate surface area is 132 Å². The first kappa shape index (κ1) is 14.9. The zero-order valence-corrected chi connectivity index (χ0v) is 13.6. The van der Waals surface area contributed by atoms with E-state index in [1.165, 1.54) is 22.4 Å². The Morgan fingerprint density at radius 1 is 1.18 bits per heavy atom. The molecule has 2 aromatic rings. The number of nitrogens with one attached hydrogen (secondary N) is 1. The summed E-state index contributed by atoms with van der Waals surface area (Å²) in [5, 5.41) is 3.58. The molecule has 2 aromatic carbocycles. The van der Waals surface area contributed by atoms with Crippen molar-refractivity contribution >= 4 is 5.69 Å². The molecule has 1 atom stereocenters. The van der Waals surface area contributed by atoms with Gasteiger partial charge in [0.05, 0.1) is 7.11 Å². The third-order valence-electron chi connectivity index (χ3n) is 4.26. The second-order valence-electron chi connectivity index (χ2n) is 6.14. The maximum Gasteiger partial charge on any atom is 0.120 e. The molecule has 0 aliphatic carbocycles. The van der Waals surface area contributed by atoms with Gasteiger partial charge in [0, 0.05) is 37.4 Å². The Morgan fingerprint density at radius 2 is 1.95 bits per heavy atom. The summed E-state index contributed by atoms with van der Waals surface area (Å²) < 4.78 is 5.42. The standard InChI is InChI=1S/C19H24N2O/c1-14-4-6-16(7-5-14)13-21-12-15(2)20-11-17-8-9-18(22-3)10-19(17)21/h4-10,15,20H,11-13H2,1-3H3. The Kier molecular flexibility index (Phi) is 4.34. The number of aryl methyl sites for hydroxylation is 1. The number of fused-ring (bicyclic) bond motifs is 1. The van der Waals surface area contributed by atoms with Crippen LogP contribution in [0.2, 0.25) is 0 Å². The van der Waals surface area contributed by atoms with Crippen molar-refractivity contribution in [1.29, 1.82) is 0 Å². The lowest BCUT2D eigenvalue weighted by molar-refractivity contribution is 0.414. The van der Waals surface area contributed by atoms with Crippen LogP contribution in [0.25, 0.3) is 0 Å². The Balaban J connectivity index is 1.92. The minimum absolute atomic E-state index is 0.462.